The van der Waals surface area contributed by atoms with Gasteiger partial charge in [-0.05, 0) is 56.2 Å². The van der Waals surface area contributed by atoms with Crippen LogP contribution < -0.4 is 19.1 Å². The average Bonchev–Trinajstić information content (AvgIpc) is 2.67. The number of nitrogens with zero attached hydrogens (tertiary/aromatic N) is 1. The Morgan fingerprint density at radius 3 is 2.41 bits per heavy atom. The first-order valence-corrected chi connectivity index (χ1v) is 11.0. The van der Waals surface area contributed by atoms with Gasteiger partial charge in [-0.25, -0.2) is 8.42 Å². The summed E-state index contributed by atoms with van der Waals surface area (Å²) in [6, 6.07) is 10.3. The molecule has 7 nitrogen and oxygen atoms in total. The number of aryl methyl sites for hydroxylation is 1. The lowest BCUT2D eigenvalue weighted by Gasteiger charge is -2.25. The van der Waals surface area contributed by atoms with E-state index in [0.717, 1.165) is 27.3 Å². The smallest absolute Gasteiger partial charge is 0.241 e. The summed E-state index contributed by atoms with van der Waals surface area (Å²) in [5.41, 5.74) is 2.99. The van der Waals surface area contributed by atoms with Crippen molar-refractivity contribution >= 4 is 21.6 Å². The first-order valence-electron chi connectivity index (χ1n) is 9.13. The van der Waals surface area contributed by atoms with E-state index >= 15 is 0 Å². The number of amides is 1. The molecule has 2 aromatic carbocycles. The molecule has 0 aliphatic rings. The van der Waals surface area contributed by atoms with E-state index in [1.165, 1.54) is 0 Å². The van der Waals surface area contributed by atoms with Crippen molar-refractivity contribution in [3.05, 3.63) is 53.1 Å². The molecule has 1 N–H and O–H groups in total. The van der Waals surface area contributed by atoms with E-state index in [1.54, 1.807) is 51.5 Å². The third kappa shape index (κ3) is 5.41. The summed E-state index contributed by atoms with van der Waals surface area (Å²) in [7, 11) is -0.542. The second-order valence-corrected chi connectivity index (χ2v) is 8.79. The van der Waals surface area contributed by atoms with E-state index in [1.807, 2.05) is 19.9 Å². The van der Waals surface area contributed by atoms with Crippen LogP contribution in [0.25, 0.3) is 0 Å². The molecule has 1 atom stereocenters. The van der Waals surface area contributed by atoms with Crippen LogP contribution in [0.3, 0.4) is 0 Å². The number of carbonyl (C=O) groups excluding carboxylic acids is 1. The maximum absolute atomic E-state index is 12.7. The van der Waals surface area contributed by atoms with Gasteiger partial charge in [-0.3, -0.25) is 9.10 Å². The van der Waals surface area contributed by atoms with Crippen molar-refractivity contribution in [2.45, 2.75) is 26.8 Å². The van der Waals surface area contributed by atoms with Gasteiger partial charge in [-0.1, -0.05) is 12.1 Å². The summed E-state index contributed by atoms with van der Waals surface area (Å²) in [5.74, 6) is 0.817. The largest absolute Gasteiger partial charge is 0.497 e. The number of rotatable bonds is 8. The highest BCUT2D eigenvalue weighted by molar-refractivity contribution is 7.92. The molecule has 0 aliphatic heterocycles. The fourth-order valence-corrected chi connectivity index (χ4v) is 3.97. The van der Waals surface area contributed by atoms with Gasteiger partial charge in [-0.2, -0.15) is 0 Å². The molecule has 2 rings (SSSR count). The zero-order chi connectivity index (χ0) is 21.8. The first kappa shape index (κ1) is 22.5. The Balaban J connectivity index is 2.26. The van der Waals surface area contributed by atoms with Crippen molar-refractivity contribution in [1.82, 2.24) is 5.32 Å². The summed E-state index contributed by atoms with van der Waals surface area (Å²) < 4.78 is 36.5. The van der Waals surface area contributed by atoms with Crippen molar-refractivity contribution in [1.29, 1.82) is 0 Å². The number of carbonyl (C=O) groups is 1. The van der Waals surface area contributed by atoms with Crippen LogP contribution in [0.1, 0.15) is 29.7 Å². The number of hydrogen-bond acceptors (Lipinski definition) is 5. The van der Waals surface area contributed by atoms with Gasteiger partial charge in [0.05, 0.1) is 32.2 Å². The Hall–Kier alpha value is -2.74. The molecule has 0 saturated heterocycles. The Morgan fingerprint density at radius 1 is 1.14 bits per heavy atom. The second-order valence-electron chi connectivity index (χ2n) is 6.89. The van der Waals surface area contributed by atoms with Crippen molar-refractivity contribution in [2.75, 3.05) is 31.3 Å². The summed E-state index contributed by atoms with van der Waals surface area (Å²) >= 11 is 0. The van der Waals surface area contributed by atoms with Crippen molar-refractivity contribution in [3.63, 3.8) is 0 Å². The van der Waals surface area contributed by atoms with Gasteiger partial charge >= 0.3 is 0 Å². The number of ether oxygens (including phenoxy) is 2. The van der Waals surface area contributed by atoms with E-state index in [-0.39, 0.29) is 6.54 Å². The van der Waals surface area contributed by atoms with Crippen LogP contribution in [0.4, 0.5) is 5.69 Å². The van der Waals surface area contributed by atoms with E-state index in [4.69, 9.17) is 9.47 Å². The number of methoxy groups -OCH3 is 2. The fourth-order valence-electron chi connectivity index (χ4n) is 3.06. The molecule has 1 unspecified atom stereocenters. The lowest BCUT2D eigenvalue weighted by Crippen LogP contribution is -2.41. The number of sulfonamides is 1. The van der Waals surface area contributed by atoms with Gasteiger partial charge in [0, 0.05) is 5.56 Å². The molecule has 1 amide bonds. The highest BCUT2D eigenvalue weighted by Crippen LogP contribution is 2.29. The van der Waals surface area contributed by atoms with Gasteiger partial charge < -0.3 is 14.8 Å². The SMILES string of the molecule is COc1ccc(OC)c(C(C)NC(=O)CN(c2cccc(C)c2C)S(C)(=O)=O)c1. The van der Waals surface area contributed by atoms with Gasteiger partial charge in [-0.15, -0.1) is 0 Å². The molecule has 2 aromatic rings. The zero-order valence-corrected chi connectivity index (χ0v) is 18.5. The minimum absolute atomic E-state index is 0.320. The molecule has 0 bridgehead atoms. The molecule has 0 radical (unpaired) electrons. The lowest BCUT2D eigenvalue weighted by atomic mass is 10.1. The van der Waals surface area contributed by atoms with Crippen LogP contribution in [0.2, 0.25) is 0 Å². The topological polar surface area (TPSA) is 84.9 Å². The zero-order valence-electron chi connectivity index (χ0n) is 17.6. The standard InChI is InChI=1S/C21H28N2O5S/c1-14-8-7-9-19(15(14)2)23(29(6,25)26)13-21(24)22-16(3)18-12-17(27-4)10-11-20(18)28-5/h7-12,16H,13H2,1-6H3,(H,22,24). The fraction of sp³-hybridized carbons (Fsp3) is 0.381. The third-order valence-electron chi connectivity index (χ3n) is 4.81. The molecule has 8 heteroatoms. The van der Waals surface area contributed by atoms with E-state index in [0.29, 0.717) is 17.2 Å². The van der Waals surface area contributed by atoms with Gasteiger partial charge in [0.25, 0.3) is 0 Å². The molecule has 0 aliphatic carbocycles. The summed E-state index contributed by atoms with van der Waals surface area (Å²) in [5, 5.41) is 2.85. The van der Waals surface area contributed by atoms with Crippen LogP contribution in [0.5, 0.6) is 11.5 Å². The molecular weight excluding hydrogens is 392 g/mol. The van der Waals surface area contributed by atoms with Gasteiger partial charge in [0.2, 0.25) is 15.9 Å². The molecular formula is C21H28N2O5S. The maximum Gasteiger partial charge on any atom is 0.241 e. The molecule has 158 valence electrons. The minimum atomic E-state index is -3.65. The predicted octanol–water partition coefficient (Wildman–Crippen LogP) is 2.96. The highest BCUT2D eigenvalue weighted by atomic mass is 32.2. The number of hydrogen-bond donors (Lipinski definition) is 1. The number of anilines is 1. The molecule has 0 spiro atoms. The van der Waals surface area contributed by atoms with Crippen molar-refractivity contribution < 1.29 is 22.7 Å². The number of nitrogens with one attached hydrogen (secondary N) is 1. The van der Waals surface area contributed by atoms with E-state index in [2.05, 4.69) is 5.32 Å². The molecule has 29 heavy (non-hydrogen) atoms. The predicted molar refractivity (Wildman–Crippen MR) is 114 cm³/mol. The lowest BCUT2D eigenvalue weighted by molar-refractivity contribution is -0.120. The number of benzene rings is 2. The van der Waals surface area contributed by atoms with Crippen molar-refractivity contribution in [2.24, 2.45) is 0 Å². The third-order valence-corrected chi connectivity index (χ3v) is 5.94. The second kappa shape index (κ2) is 9.17. The maximum atomic E-state index is 12.7. The molecule has 0 heterocycles. The Bertz CT molecular complexity index is 989. The minimum Gasteiger partial charge on any atom is -0.497 e. The average molecular weight is 421 g/mol. The highest BCUT2D eigenvalue weighted by Gasteiger charge is 2.24. The Kier molecular flexibility index (Phi) is 7.13. The van der Waals surface area contributed by atoms with Crippen LogP contribution in [0.15, 0.2) is 36.4 Å². The van der Waals surface area contributed by atoms with Crippen LogP contribution in [-0.2, 0) is 14.8 Å². The molecule has 0 aromatic heterocycles. The Labute approximate surface area is 172 Å². The van der Waals surface area contributed by atoms with Crippen LogP contribution >= 0.6 is 0 Å². The molecule has 0 saturated carbocycles. The van der Waals surface area contributed by atoms with Gasteiger partial charge in [0.15, 0.2) is 0 Å². The van der Waals surface area contributed by atoms with Crippen LogP contribution in [0, 0.1) is 13.8 Å². The van der Waals surface area contributed by atoms with Crippen molar-refractivity contribution in [3.8, 4) is 11.5 Å². The quantitative estimate of drug-likeness (QED) is 0.710. The Morgan fingerprint density at radius 2 is 1.83 bits per heavy atom. The van der Waals surface area contributed by atoms with Gasteiger partial charge in [0.1, 0.15) is 18.0 Å². The normalized spacial score (nSPS) is 12.2. The summed E-state index contributed by atoms with van der Waals surface area (Å²) in [6.45, 7) is 5.22. The summed E-state index contributed by atoms with van der Waals surface area (Å²) in [6.07, 6.45) is 1.09. The van der Waals surface area contributed by atoms with E-state index < -0.39 is 22.0 Å². The monoisotopic (exact) mass is 420 g/mol. The molecule has 0 fully saturated rings. The van der Waals surface area contributed by atoms with Crippen LogP contribution in [-0.4, -0.2) is 41.3 Å². The first-order chi connectivity index (χ1) is 13.6. The summed E-state index contributed by atoms with van der Waals surface area (Å²) in [4.78, 5) is 12.7. The van der Waals surface area contributed by atoms with E-state index in [9.17, 15) is 13.2 Å².